The molecule has 3 aromatic carbocycles. The second kappa shape index (κ2) is 13.4. The van der Waals surface area contributed by atoms with Gasteiger partial charge in [-0.3, -0.25) is 14.4 Å². The van der Waals surface area contributed by atoms with Crippen LogP contribution < -0.4 is 11.1 Å². The molecule has 3 amide bonds. The van der Waals surface area contributed by atoms with Gasteiger partial charge in [0.15, 0.2) is 0 Å². The molecule has 3 N–H and O–H groups in total. The molecule has 41 heavy (non-hydrogen) atoms. The highest BCUT2D eigenvalue weighted by Crippen LogP contribution is 2.22. The first-order chi connectivity index (χ1) is 19.6. The molecule has 1 aliphatic rings. The van der Waals surface area contributed by atoms with Crippen LogP contribution in [0.2, 0.25) is 0 Å². The zero-order valence-corrected chi connectivity index (χ0v) is 24.1. The first-order valence-electron chi connectivity index (χ1n) is 14.1. The number of piperazine rings is 1. The Bertz CT molecular complexity index is 1350. The fourth-order valence-corrected chi connectivity index (χ4v) is 5.02. The summed E-state index contributed by atoms with van der Waals surface area (Å²) in [5.41, 5.74) is 9.71. The summed E-state index contributed by atoms with van der Waals surface area (Å²) in [6.07, 6.45) is 4.49. The van der Waals surface area contributed by atoms with Gasteiger partial charge in [-0.05, 0) is 48.6 Å². The average molecular weight is 553 g/mol. The van der Waals surface area contributed by atoms with Crippen LogP contribution in [0.15, 0.2) is 97.1 Å². The van der Waals surface area contributed by atoms with E-state index in [1.54, 1.807) is 18.0 Å². The number of benzene rings is 3. The SMILES string of the molecule is CN(C(=O)/C=C/CC(C)(C)N)[C@H](Cc1ccc(-c2ccccc2)cc1)C(=O)N1CCNC(=O)[C@H]1Cc1ccccc1. The van der Waals surface area contributed by atoms with E-state index in [0.717, 1.165) is 22.3 Å². The van der Waals surface area contributed by atoms with Crippen molar-refractivity contribution in [2.75, 3.05) is 20.1 Å². The minimum absolute atomic E-state index is 0.182. The Morgan fingerprint density at radius 2 is 1.59 bits per heavy atom. The molecule has 0 radical (unpaired) electrons. The average Bonchev–Trinajstić information content (AvgIpc) is 2.97. The molecule has 1 aliphatic heterocycles. The van der Waals surface area contributed by atoms with Crippen LogP contribution >= 0.6 is 0 Å². The van der Waals surface area contributed by atoms with E-state index in [0.29, 0.717) is 32.4 Å². The third-order valence-corrected chi connectivity index (χ3v) is 7.38. The molecule has 2 atom stereocenters. The maximum Gasteiger partial charge on any atom is 0.246 e. The third-order valence-electron chi connectivity index (χ3n) is 7.38. The molecule has 4 rings (SSSR count). The summed E-state index contributed by atoms with van der Waals surface area (Å²) in [7, 11) is 1.65. The second-order valence-corrected chi connectivity index (χ2v) is 11.4. The molecule has 214 valence electrons. The van der Waals surface area contributed by atoms with Crippen molar-refractivity contribution in [1.82, 2.24) is 15.1 Å². The van der Waals surface area contributed by atoms with Crippen molar-refractivity contribution in [3.63, 3.8) is 0 Å². The Hall–Kier alpha value is -4.23. The molecule has 1 fully saturated rings. The number of hydrogen-bond acceptors (Lipinski definition) is 4. The molecule has 0 aromatic heterocycles. The van der Waals surface area contributed by atoms with Crippen molar-refractivity contribution >= 4 is 17.7 Å². The molecule has 0 saturated carbocycles. The summed E-state index contributed by atoms with van der Waals surface area (Å²) in [6, 6.07) is 26.4. The van der Waals surface area contributed by atoms with E-state index < -0.39 is 17.6 Å². The second-order valence-electron chi connectivity index (χ2n) is 11.4. The number of rotatable bonds is 10. The molecule has 7 nitrogen and oxygen atoms in total. The van der Waals surface area contributed by atoms with Crippen molar-refractivity contribution < 1.29 is 14.4 Å². The maximum atomic E-state index is 14.2. The van der Waals surface area contributed by atoms with Crippen LogP contribution in [-0.4, -0.2) is 65.3 Å². The smallest absolute Gasteiger partial charge is 0.246 e. The quantitative estimate of drug-likeness (QED) is 0.372. The number of likely N-dealkylation sites (N-methyl/N-ethyl adjacent to an activating group) is 1. The molecule has 0 aliphatic carbocycles. The van der Waals surface area contributed by atoms with Gasteiger partial charge in [0.05, 0.1) is 0 Å². The summed E-state index contributed by atoms with van der Waals surface area (Å²) in [6.45, 7) is 4.54. The van der Waals surface area contributed by atoms with Gasteiger partial charge in [-0.15, -0.1) is 0 Å². The lowest BCUT2D eigenvalue weighted by molar-refractivity contribution is -0.149. The van der Waals surface area contributed by atoms with Crippen LogP contribution in [0.5, 0.6) is 0 Å². The van der Waals surface area contributed by atoms with Gasteiger partial charge in [-0.25, -0.2) is 0 Å². The van der Waals surface area contributed by atoms with Crippen LogP contribution in [0.25, 0.3) is 11.1 Å². The minimum Gasteiger partial charge on any atom is -0.353 e. The lowest BCUT2D eigenvalue weighted by Gasteiger charge is -2.39. The van der Waals surface area contributed by atoms with Crippen LogP contribution in [0, 0.1) is 0 Å². The van der Waals surface area contributed by atoms with E-state index in [2.05, 4.69) is 17.4 Å². The van der Waals surface area contributed by atoms with Crippen LogP contribution in [0.1, 0.15) is 31.4 Å². The highest BCUT2D eigenvalue weighted by molar-refractivity contribution is 5.95. The number of carbonyl (C=O) groups is 3. The Labute approximate surface area is 243 Å². The van der Waals surface area contributed by atoms with Crippen molar-refractivity contribution in [3.8, 4) is 11.1 Å². The molecule has 3 aromatic rings. The molecule has 0 spiro atoms. The van der Waals surface area contributed by atoms with Crippen LogP contribution in [-0.2, 0) is 27.2 Å². The highest BCUT2D eigenvalue weighted by atomic mass is 16.2. The van der Waals surface area contributed by atoms with Crippen LogP contribution in [0.3, 0.4) is 0 Å². The minimum atomic E-state index is -0.787. The largest absolute Gasteiger partial charge is 0.353 e. The number of hydrogen-bond donors (Lipinski definition) is 2. The van der Waals surface area contributed by atoms with Crippen molar-refractivity contribution in [2.45, 2.75) is 50.7 Å². The molecule has 0 unspecified atom stereocenters. The Morgan fingerprint density at radius 3 is 2.22 bits per heavy atom. The van der Waals surface area contributed by atoms with E-state index in [4.69, 9.17) is 5.73 Å². The van der Waals surface area contributed by atoms with Gasteiger partial charge in [-0.1, -0.05) is 91.0 Å². The van der Waals surface area contributed by atoms with Gasteiger partial charge in [0.1, 0.15) is 12.1 Å². The molecule has 0 bridgehead atoms. The van der Waals surface area contributed by atoms with Gasteiger partial charge in [0.2, 0.25) is 17.7 Å². The summed E-state index contributed by atoms with van der Waals surface area (Å²) < 4.78 is 0. The first-order valence-corrected chi connectivity index (χ1v) is 14.1. The number of nitrogens with one attached hydrogen (secondary N) is 1. The molecule has 7 heteroatoms. The Kier molecular flexibility index (Phi) is 9.73. The normalized spacial score (nSPS) is 16.3. The Morgan fingerprint density at radius 1 is 0.976 bits per heavy atom. The van der Waals surface area contributed by atoms with Gasteiger partial charge in [-0.2, -0.15) is 0 Å². The number of amides is 3. The zero-order chi connectivity index (χ0) is 29.4. The summed E-state index contributed by atoms with van der Waals surface area (Å²) in [5, 5.41) is 2.91. The van der Waals surface area contributed by atoms with E-state index in [-0.39, 0.29) is 17.7 Å². The fourth-order valence-electron chi connectivity index (χ4n) is 5.02. The number of carbonyl (C=O) groups excluding carboxylic acids is 3. The van der Waals surface area contributed by atoms with Crippen molar-refractivity contribution in [2.24, 2.45) is 5.73 Å². The molecular weight excluding hydrogens is 512 g/mol. The van der Waals surface area contributed by atoms with Crippen molar-refractivity contribution in [3.05, 3.63) is 108 Å². The lowest BCUT2D eigenvalue weighted by atomic mass is 9.97. The monoisotopic (exact) mass is 552 g/mol. The van der Waals surface area contributed by atoms with E-state index >= 15 is 0 Å². The molecular formula is C34H40N4O3. The summed E-state index contributed by atoms with van der Waals surface area (Å²) >= 11 is 0. The van der Waals surface area contributed by atoms with E-state index in [1.165, 1.54) is 11.0 Å². The summed E-state index contributed by atoms with van der Waals surface area (Å²) in [4.78, 5) is 43.6. The Balaban J connectivity index is 1.61. The highest BCUT2D eigenvalue weighted by Gasteiger charge is 2.38. The van der Waals surface area contributed by atoms with E-state index in [1.807, 2.05) is 86.6 Å². The predicted molar refractivity (Wildman–Crippen MR) is 163 cm³/mol. The summed E-state index contributed by atoms with van der Waals surface area (Å²) in [5.74, 6) is -0.704. The van der Waals surface area contributed by atoms with Gasteiger partial charge in [0.25, 0.3) is 0 Å². The number of nitrogens with two attached hydrogens (primary N) is 1. The lowest BCUT2D eigenvalue weighted by Crippen LogP contribution is -2.62. The molecule has 1 heterocycles. The first kappa shape index (κ1) is 29.7. The van der Waals surface area contributed by atoms with Crippen LogP contribution in [0.4, 0.5) is 0 Å². The molecule has 1 saturated heterocycles. The van der Waals surface area contributed by atoms with E-state index in [9.17, 15) is 14.4 Å². The maximum absolute atomic E-state index is 14.2. The number of nitrogens with zero attached hydrogens (tertiary/aromatic N) is 2. The van der Waals surface area contributed by atoms with Gasteiger partial charge >= 0.3 is 0 Å². The van der Waals surface area contributed by atoms with Gasteiger partial charge < -0.3 is 20.9 Å². The predicted octanol–water partition coefficient (Wildman–Crippen LogP) is 3.98. The fraction of sp³-hybridized carbons (Fsp3) is 0.324. The van der Waals surface area contributed by atoms with Gasteiger partial charge in [0, 0.05) is 38.5 Å². The standard InChI is InChI=1S/C34H40N4O3/c1-34(2,35)20-10-15-31(39)37(3)30(24-26-16-18-28(19-17-26)27-13-8-5-9-14-27)33(41)38-22-21-36-32(40)29(38)23-25-11-6-4-7-12-25/h4-19,29-30H,20-24,35H2,1-3H3,(H,36,40)/b15-10+/t29-,30-/m1/s1. The third kappa shape index (κ3) is 8.14. The zero-order valence-electron chi connectivity index (χ0n) is 24.1. The topological polar surface area (TPSA) is 95.7 Å². The van der Waals surface area contributed by atoms with Crippen molar-refractivity contribution in [1.29, 1.82) is 0 Å².